The van der Waals surface area contributed by atoms with Crippen LogP contribution in [-0.4, -0.2) is 22.2 Å². The first-order chi connectivity index (χ1) is 14.1. The van der Waals surface area contributed by atoms with Gasteiger partial charge in [-0.3, -0.25) is 4.79 Å². The molecule has 6 nitrogen and oxygen atoms in total. The second-order valence-corrected chi connectivity index (χ2v) is 6.49. The molecule has 29 heavy (non-hydrogen) atoms. The van der Waals surface area contributed by atoms with Crippen molar-refractivity contribution in [2.45, 2.75) is 0 Å². The summed E-state index contributed by atoms with van der Waals surface area (Å²) < 4.78 is 7.29. The van der Waals surface area contributed by atoms with Crippen molar-refractivity contribution >= 4 is 22.5 Å². The Balaban J connectivity index is 1.51. The third-order valence-electron chi connectivity index (χ3n) is 4.63. The number of rotatable bonds is 5. The first-order valence-electron chi connectivity index (χ1n) is 9.13. The van der Waals surface area contributed by atoms with Crippen molar-refractivity contribution in [2.24, 2.45) is 17.3 Å². The van der Waals surface area contributed by atoms with Crippen molar-refractivity contribution in [3.8, 4) is 22.8 Å². The molecule has 1 aromatic heterocycles. The van der Waals surface area contributed by atoms with E-state index in [1.807, 2.05) is 78.9 Å². The maximum absolute atomic E-state index is 12.2. The maximum Gasteiger partial charge on any atom is 0.302 e. The predicted molar refractivity (Wildman–Crippen MR) is 111 cm³/mol. The molecule has 0 spiro atoms. The van der Waals surface area contributed by atoms with Gasteiger partial charge in [-0.2, -0.15) is 0 Å². The van der Waals surface area contributed by atoms with Crippen LogP contribution >= 0.6 is 0 Å². The van der Waals surface area contributed by atoms with Gasteiger partial charge in [0.05, 0.1) is 5.52 Å². The van der Waals surface area contributed by atoms with E-state index in [1.165, 1.54) is 0 Å². The molecule has 0 atom stereocenters. The molecule has 0 radical (unpaired) electrons. The van der Waals surface area contributed by atoms with Crippen LogP contribution in [0.1, 0.15) is 0 Å². The highest BCUT2D eigenvalue weighted by Gasteiger charge is 2.14. The number of carbonyl (C=O) groups excluding carboxylic acids is 1. The van der Waals surface area contributed by atoms with Crippen LogP contribution in [0.15, 0.2) is 89.1 Å². The van der Waals surface area contributed by atoms with E-state index in [-0.39, 0.29) is 18.2 Å². The summed E-state index contributed by atoms with van der Waals surface area (Å²) in [6, 6.07) is 24.7. The van der Waals surface area contributed by atoms with Crippen LogP contribution in [0.3, 0.4) is 0 Å². The van der Waals surface area contributed by atoms with Crippen molar-refractivity contribution in [1.82, 2.24) is 4.57 Å². The van der Waals surface area contributed by atoms with Crippen molar-refractivity contribution in [1.29, 1.82) is 0 Å². The largest absolute Gasteiger partial charge is 0.493 e. The summed E-state index contributed by atoms with van der Waals surface area (Å²) in [5.74, 6) is 0.00792. The number of aromatic nitrogens is 1. The fourth-order valence-corrected chi connectivity index (χ4v) is 3.18. The van der Waals surface area contributed by atoms with Gasteiger partial charge < -0.3 is 14.4 Å². The summed E-state index contributed by atoms with van der Waals surface area (Å²) in [6.07, 6.45) is 0. The van der Waals surface area contributed by atoms with E-state index in [4.69, 9.17) is 4.74 Å². The summed E-state index contributed by atoms with van der Waals surface area (Å²) in [6.45, 7) is -0.251. The number of carbonyl (C=O) groups is 1. The van der Waals surface area contributed by atoms with Gasteiger partial charge in [-0.15, -0.1) is 10.2 Å². The normalized spacial score (nSPS) is 11.2. The number of aryl methyl sites for hydroxylation is 1. The Bertz CT molecular complexity index is 1200. The monoisotopic (exact) mass is 385 g/mol. The summed E-state index contributed by atoms with van der Waals surface area (Å²) in [5, 5.41) is 18.7. The summed E-state index contributed by atoms with van der Waals surface area (Å²) in [7, 11) is 1.72. The molecule has 4 rings (SSSR count). The van der Waals surface area contributed by atoms with Gasteiger partial charge >= 0.3 is 5.91 Å². The topological polar surface area (TPSA) is 76.2 Å². The Labute approximate surface area is 167 Å². The molecule has 6 heteroatoms. The molecule has 1 N–H and O–H groups in total. The van der Waals surface area contributed by atoms with Crippen LogP contribution in [0.5, 0.6) is 11.6 Å². The molecule has 0 aliphatic rings. The van der Waals surface area contributed by atoms with Gasteiger partial charge in [0.15, 0.2) is 12.3 Å². The molecule has 0 unspecified atom stereocenters. The van der Waals surface area contributed by atoms with Crippen molar-refractivity contribution < 1.29 is 14.6 Å². The average Bonchev–Trinajstić information content (AvgIpc) is 3.01. The number of azo groups is 1. The lowest BCUT2D eigenvalue weighted by Gasteiger charge is -2.10. The fourth-order valence-electron chi connectivity index (χ4n) is 3.18. The molecule has 1 heterocycles. The van der Waals surface area contributed by atoms with E-state index in [1.54, 1.807) is 11.6 Å². The molecule has 144 valence electrons. The number of benzene rings is 3. The van der Waals surface area contributed by atoms with Gasteiger partial charge in [0.25, 0.3) is 0 Å². The van der Waals surface area contributed by atoms with Crippen LogP contribution in [0.4, 0.5) is 5.69 Å². The van der Waals surface area contributed by atoms with E-state index in [2.05, 4.69) is 10.2 Å². The smallest absolute Gasteiger partial charge is 0.302 e. The molecular weight excluding hydrogens is 366 g/mol. The molecular formula is C23H19N3O3. The molecule has 0 saturated heterocycles. The van der Waals surface area contributed by atoms with Crippen molar-refractivity contribution in [3.05, 3.63) is 78.9 Å². The molecule has 0 fully saturated rings. The zero-order valence-electron chi connectivity index (χ0n) is 15.8. The molecule has 1 amide bonds. The molecule has 3 aromatic carbocycles. The highest BCUT2D eigenvalue weighted by Crippen LogP contribution is 2.37. The third-order valence-corrected chi connectivity index (χ3v) is 4.63. The zero-order chi connectivity index (χ0) is 20.2. The number of hydrogen-bond donors (Lipinski definition) is 1. The second kappa shape index (κ2) is 7.98. The average molecular weight is 385 g/mol. The van der Waals surface area contributed by atoms with Crippen LogP contribution < -0.4 is 4.74 Å². The Morgan fingerprint density at radius 2 is 1.66 bits per heavy atom. The zero-order valence-corrected chi connectivity index (χ0v) is 15.8. The molecule has 0 aliphatic heterocycles. The SMILES string of the molecule is Cn1c(O)c(N=NC(=O)COc2ccccc2-c2ccccc2)c2ccccc21. The third kappa shape index (κ3) is 3.73. The molecule has 0 aliphatic carbocycles. The number of para-hydroxylation sites is 2. The Morgan fingerprint density at radius 3 is 2.48 bits per heavy atom. The fraction of sp³-hybridized carbons (Fsp3) is 0.0870. The lowest BCUT2D eigenvalue weighted by Crippen LogP contribution is -2.08. The number of nitrogens with zero attached hydrogens (tertiary/aromatic N) is 3. The van der Waals surface area contributed by atoms with E-state index in [0.717, 1.165) is 22.0 Å². The van der Waals surface area contributed by atoms with Gasteiger partial charge in [0, 0.05) is 18.0 Å². The van der Waals surface area contributed by atoms with E-state index >= 15 is 0 Å². The van der Waals surface area contributed by atoms with Gasteiger partial charge in [-0.25, -0.2) is 0 Å². The number of fused-ring (bicyclic) bond motifs is 1. The van der Waals surface area contributed by atoms with Crippen LogP contribution in [0.2, 0.25) is 0 Å². The number of amides is 1. The molecule has 4 aromatic rings. The lowest BCUT2D eigenvalue weighted by molar-refractivity contribution is -0.120. The highest BCUT2D eigenvalue weighted by atomic mass is 16.5. The number of ether oxygens (including phenoxy) is 1. The second-order valence-electron chi connectivity index (χ2n) is 6.49. The van der Waals surface area contributed by atoms with Crippen LogP contribution in [0, 0.1) is 0 Å². The molecule has 0 bridgehead atoms. The standard InChI is InChI=1S/C23H19N3O3/c1-26-19-13-7-5-12-18(19)22(23(26)28)25-24-21(27)15-29-20-14-8-6-11-17(20)16-9-3-2-4-10-16/h2-14,28H,15H2,1H3. The lowest BCUT2D eigenvalue weighted by atomic mass is 10.1. The van der Waals surface area contributed by atoms with Crippen LogP contribution in [0.25, 0.3) is 22.0 Å². The Kier molecular flexibility index (Phi) is 5.07. The number of aromatic hydroxyl groups is 1. The molecule has 0 saturated carbocycles. The summed E-state index contributed by atoms with van der Waals surface area (Å²) in [4.78, 5) is 12.2. The van der Waals surface area contributed by atoms with Gasteiger partial charge in [-0.05, 0) is 17.7 Å². The van der Waals surface area contributed by atoms with Gasteiger partial charge in [-0.1, -0.05) is 66.7 Å². The minimum absolute atomic E-state index is 0.0434. The van der Waals surface area contributed by atoms with E-state index in [9.17, 15) is 9.90 Å². The number of hydrogen-bond acceptors (Lipinski definition) is 4. The van der Waals surface area contributed by atoms with Gasteiger partial charge in [0.2, 0.25) is 5.88 Å². The van der Waals surface area contributed by atoms with Crippen LogP contribution in [-0.2, 0) is 11.8 Å². The van der Waals surface area contributed by atoms with Gasteiger partial charge in [0.1, 0.15) is 5.75 Å². The van der Waals surface area contributed by atoms with E-state index < -0.39 is 5.91 Å². The minimum Gasteiger partial charge on any atom is -0.493 e. The minimum atomic E-state index is -0.541. The quantitative estimate of drug-likeness (QED) is 0.477. The summed E-state index contributed by atoms with van der Waals surface area (Å²) >= 11 is 0. The first-order valence-corrected chi connectivity index (χ1v) is 9.13. The Morgan fingerprint density at radius 1 is 0.966 bits per heavy atom. The highest BCUT2D eigenvalue weighted by molar-refractivity contribution is 5.95. The summed E-state index contributed by atoms with van der Waals surface area (Å²) in [5.41, 5.74) is 2.96. The first kappa shape index (κ1) is 18.4. The predicted octanol–water partition coefficient (Wildman–Crippen LogP) is 5.24. The maximum atomic E-state index is 12.2. The Hall–Kier alpha value is -3.93. The van der Waals surface area contributed by atoms with E-state index in [0.29, 0.717) is 5.75 Å². The van der Waals surface area contributed by atoms with Crippen molar-refractivity contribution in [2.75, 3.05) is 6.61 Å². The van der Waals surface area contributed by atoms with Crippen molar-refractivity contribution in [3.63, 3.8) is 0 Å².